The Morgan fingerprint density at radius 1 is 1.13 bits per heavy atom. The van der Waals surface area contributed by atoms with E-state index in [0.29, 0.717) is 36.2 Å². The molecule has 1 saturated heterocycles. The summed E-state index contributed by atoms with van der Waals surface area (Å²) in [5.74, 6) is 0.0570. The summed E-state index contributed by atoms with van der Waals surface area (Å²) in [5.41, 5.74) is 0.806. The number of anilines is 1. The van der Waals surface area contributed by atoms with Gasteiger partial charge in [-0.1, -0.05) is 23.7 Å². The first-order valence-electron chi connectivity index (χ1n) is 9.39. The van der Waals surface area contributed by atoms with E-state index in [1.807, 2.05) is 23.1 Å². The maximum Gasteiger partial charge on any atom is 0.340 e. The zero-order valence-corrected chi connectivity index (χ0v) is 18.2. The van der Waals surface area contributed by atoms with Crippen molar-refractivity contribution in [2.75, 3.05) is 51.3 Å². The van der Waals surface area contributed by atoms with Crippen LogP contribution in [0.1, 0.15) is 10.4 Å². The Bertz CT molecular complexity index is 1010. The zero-order chi connectivity index (χ0) is 21.7. The fourth-order valence-electron chi connectivity index (χ4n) is 3.30. The largest absolute Gasteiger partial charge is 0.491 e. The monoisotopic (exact) mass is 453 g/mol. The van der Waals surface area contributed by atoms with Gasteiger partial charge in [-0.15, -0.1) is 0 Å². The van der Waals surface area contributed by atoms with E-state index < -0.39 is 16.0 Å². The number of halogens is 1. The number of hydrogen-bond donors (Lipinski definition) is 1. The van der Waals surface area contributed by atoms with E-state index in [2.05, 4.69) is 4.90 Å². The van der Waals surface area contributed by atoms with Crippen LogP contribution < -0.4 is 14.8 Å². The quantitative estimate of drug-likeness (QED) is 0.639. The van der Waals surface area contributed by atoms with Crippen molar-refractivity contribution in [1.29, 1.82) is 0 Å². The zero-order valence-electron chi connectivity index (χ0n) is 16.6. The maximum absolute atomic E-state index is 12.2. The van der Waals surface area contributed by atoms with E-state index >= 15 is 0 Å². The molecule has 1 heterocycles. The highest BCUT2D eigenvalue weighted by atomic mass is 35.5. The van der Waals surface area contributed by atoms with Crippen molar-refractivity contribution >= 4 is 33.3 Å². The molecule has 10 heteroatoms. The highest BCUT2D eigenvalue weighted by Gasteiger charge is 2.24. The van der Waals surface area contributed by atoms with Gasteiger partial charge in [0, 0.05) is 32.7 Å². The van der Waals surface area contributed by atoms with Gasteiger partial charge in [-0.3, -0.25) is 4.90 Å². The molecule has 0 radical (unpaired) electrons. The van der Waals surface area contributed by atoms with Crippen molar-refractivity contribution in [2.24, 2.45) is 5.14 Å². The van der Waals surface area contributed by atoms with Crippen molar-refractivity contribution in [3.05, 3.63) is 53.1 Å². The molecule has 30 heavy (non-hydrogen) atoms. The minimum absolute atomic E-state index is 0.123. The number of rotatable bonds is 7. The molecule has 2 aromatic carbocycles. The number of ether oxygens (including phenoxy) is 2. The molecular weight excluding hydrogens is 430 g/mol. The average molecular weight is 454 g/mol. The minimum atomic E-state index is -3.92. The second-order valence-electron chi connectivity index (χ2n) is 6.82. The standard InChI is InChI=1S/C20H24ClN3O5S/c1-28-20(25)16-14-15(30(22,26)27)6-7-18(16)24-10-8-23(9-11-24)12-13-29-19-5-3-2-4-17(19)21/h2-7,14H,8-13H2,1H3,(H2,22,26,27). The molecule has 0 atom stereocenters. The smallest absolute Gasteiger partial charge is 0.340 e. The van der Waals surface area contributed by atoms with Crippen molar-refractivity contribution in [1.82, 2.24) is 4.90 Å². The number of esters is 1. The topological polar surface area (TPSA) is 102 Å². The van der Waals surface area contributed by atoms with Crippen LogP contribution in [-0.4, -0.2) is 65.7 Å². The molecule has 0 aliphatic carbocycles. The van der Waals surface area contributed by atoms with Crippen molar-refractivity contribution in [3.63, 3.8) is 0 Å². The molecule has 0 unspecified atom stereocenters. The third-order valence-corrected chi connectivity index (χ3v) is 6.14. The minimum Gasteiger partial charge on any atom is -0.491 e. The number of primary sulfonamides is 1. The van der Waals surface area contributed by atoms with Gasteiger partial charge in [-0.2, -0.15) is 0 Å². The number of nitrogens with two attached hydrogens (primary N) is 1. The Hall–Kier alpha value is -2.33. The Balaban J connectivity index is 1.61. The number of benzene rings is 2. The van der Waals surface area contributed by atoms with Crippen LogP contribution in [0.2, 0.25) is 5.02 Å². The number of carbonyl (C=O) groups is 1. The van der Waals surface area contributed by atoms with Crippen LogP contribution in [0.4, 0.5) is 5.69 Å². The Labute approximate surface area is 181 Å². The summed E-state index contributed by atoms with van der Waals surface area (Å²) in [6.07, 6.45) is 0. The maximum atomic E-state index is 12.2. The first kappa shape index (κ1) is 22.4. The highest BCUT2D eigenvalue weighted by molar-refractivity contribution is 7.89. The first-order valence-corrected chi connectivity index (χ1v) is 11.3. The Morgan fingerprint density at radius 3 is 2.47 bits per heavy atom. The lowest BCUT2D eigenvalue weighted by atomic mass is 10.1. The Kier molecular flexibility index (Phi) is 7.19. The number of hydrogen-bond acceptors (Lipinski definition) is 7. The number of nitrogens with zero attached hydrogens (tertiary/aromatic N) is 2. The molecule has 1 aliphatic rings. The summed E-state index contributed by atoms with van der Waals surface area (Å²) < 4.78 is 33.8. The van der Waals surface area contributed by atoms with Crippen molar-refractivity contribution in [2.45, 2.75) is 4.90 Å². The summed E-state index contributed by atoms with van der Waals surface area (Å²) in [4.78, 5) is 16.4. The first-order chi connectivity index (χ1) is 14.3. The van der Waals surface area contributed by atoms with Gasteiger partial charge in [0.2, 0.25) is 10.0 Å². The summed E-state index contributed by atoms with van der Waals surface area (Å²) in [6, 6.07) is 11.6. The SMILES string of the molecule is COC(=O)c1cc(S(N)(=O)=O)ccc1N1CCN(CCOc2ccccc2Cl)CC1. The average Bonchev–Trinajstić information content (AvgIpc) is 2.74. The van der Waals surface area contributed by atoms with Crippen LogP contribution >= 0.6 is 11.6 Å². The fraction of sp³-hybridized carbons (Fsp3) is 0.350. The molecule has 162 valence electrons. The third kappa shape index (κ3) is 5.42. The van der Waals surface area contributed by atoms with E-state index in [9.17, 15) is 13.2 Å². The van der Waals surface area contributed by atoms with Crippen LogP contribution in [0.25, 0.3) is 0 Å². The Morgan fingerprint density at radius 2 is 1.83 bits per heavy atom. The van der Waals surface area contributed by atoms with Gasteiger partial charge in [0.1, 0.15) is 12.4 Å². The molecule has 0 amide bonds. The number of carbonyl (C=O) groups excluding carboxylic acids is 1. The molecule has 0 aromatic heterocycles. The van der Waals surface area contributed by atoms with E-state index in [1.165, 1.54) is 19.2 Å². The highest BCUT2D eigenvalue weighted by Crippen LogP contribution is 2.26. The molecule has 1 aliphatic heterocycles. The normalized spacial score (nSPS) is 15.1. The number of sulfonamides is 1. The van der Waals surface area contributed by atoms with Crippen molar-refractivity contribution in [3.8, 4) is 5.75 Å². The van der Waals surface area contributed by atoms with E-state index in [1.54, 1.807) is 12.1 Å². The lowest BCUT2D eigenvalue weighted by molar-refractivity contribution is 0.0601. The van der Waals surface area contributed by atoms with Gasteiger partial charge >= 0.3 is 5.97 Å². The molecule has 0 bridgehead atoms. The second-order valence-corrected chi connectivity index (χ2v) is 8.79. The molecule has 1 fully saturated rings. The van der Waals surface area contributed by atoms with Crippen LogP contribution in [0, 0.1) is 0 Å². The molecule has 0 spiro atoms. The summed E-state index contributed by atoms with van der Waals surface area (Å²) in [5, 5.41) is 5.78. The molecule has 3 rings (SSSR count). The van der Waals surface area contributed by atoms with Crippen LogP contribution in [-0.2, 0) is 14.8 Å². The van der Waals surface area contributed by atoms with Crippen molar-refractivity contribution < 1.29 is 22.7 Å². The van der Waals surface area contributed by atoms with Crippen LogP contribution in [0.5, 0.6) is 5.75 Å². The van der Waals surface area contributed by atoms with Gasteiger partial charge in [-0.05, 0) is 30.3 Å². The van der Waals surface area contributed by atoms with E-state index in [0.717, 1.165) is 19.6 Å². The lowest BCUT2D eigenvalue weighted by Gasteiger charge is -2.36. The number of piperazine rings is 1. The molecular formula is C20H24ClN3O5S. The predicted octanol–water partition coefficient (Wildman–Crippen LogP) is 1.97. The predicted molar refractivity (Wildman–Crippen MR) is 115 cm³/mol. The second kappa shape index (κ2) is 9.65. The van der Waals surface area contributed by atoms with Gasteiger partial charge in [0.25, 0.3) is 0 Å². The summed E-state index contributed by atoms with van der Waals surface area (Å²) in [7, 11) is -2.66. The molecule has 2 aromatic rings. The lowest BCUT2D eigenvalue weighted by Crippen LogP contribution is -2.48. The molecule has 2 N–H and O–H groups in total. The summed E-state index contributed by atoms with van der Waals surface area (Å²) >= 11 is 6.10. The third-order valence-electron chi connectivity index (χ3n) is 4.92. The summed E-state index contributed by atoms with van der Waals surface area (Å²) in [6.45, 7) is 4.13. The van der Waals surface area contributed by atoms with Crippen LogP contribution in [0.3, 0.4) is 0 Å². The molecule has 8 nitrogen and oxygen atoms in total. The molecule has 0 saturated carbocycles. The number of methoxy groups -OCH3 is 1. The van der Waals surface area contributed by atoms with Gasteiger partial charge in [0.05, 0.1) is 28.3 Å². The fourth-order valence-corrected chi connectivity index (χ4v) is 4.03. The van der Waals surface area contributed by atoms with Gasteiger partial charge in [0.15, 0.2) is 0 Å². The van der Waals surface area contributed by atoms with Gasteiger partial charge < -0.3 is 14.4 Å². The number of para-hydroxylation sites is 1. The van der Waals surface area contributed by atoms with E-state index in [-0.39, 0.29) is 10.5 Å². The van der Waals surface area contributed by atoms with Crippen LogP contribution in [0.15, 0.2) is 47.4 Å². The van der Waals surface area contributed by atoms with Gasteiger partial charge in [-0.25, -0.2) is 18.4 Å². The van der Waals surface area contributed by atoms with E-state index in [4.69, 9.17) is 26.2 Å².